The summed E-state index contributed by atoms with van der Waals surface area (Å²) in [7, 11) is 0. The molecule has 0 saturated carbocycles. The van der Waals surface area contributed by atoms with Crippen molar-refractivity contribution < 1.29 is 19.4 Å². The number of ether oxygens (including phenoxy) is 2. The summed E-state index contributed by atoms with van der Waals surface area (Å²) in [5.41, 5.74) is 0.0880. The molecule has 0 heterocycles. The lowest BCUT2D eigenvalue weighted by atomic mass is 10.2. The number of aromatic carboxylic acids is 1. The highest BCUT2D eigenvalue weighted by molar-refractivity contribution is 5.88. The molecule has 0 aliphatic carbocycles. The second-order valence-corrected chi connectivity index (χ2v) is 2.95. The molecule has 1 aromatic carbocycles. The molecule has 0 atom stereocenters. The van der Waals surface area contributed by atoms with E-state index >= 15 is 0 Å². The minimum absolute atomic E-state index is 0.0233. The predicted molar refractivity (Wildman–Crippen MR) is 62.1 cm³/mol. The average molecular weight is 230 g/mol. The van der Waals surface area contributed by atoms with Crippen LogP contribution in [-0.2, 0) is 0 Å². The minimum atomic E-state index is -1.06. The van der Waals surface area contributed by atoms with Gasteiger partial charge >= 0.3 is 5.97 Å². The molecule has 0 amide bonds. The smallest absolute Gasteiger partial charge is 0.335 e. The second kappa shape index (κ2) is 6.09. The molecule has 0 aliphatic heterocycles. The van der Waals surface area contributed by atoms with Crippen LogP contribution in [0.5, 0.6) is 11.5 Å². The Kier molecular flexibility index (Phi) is 4.47. The van der Waals surface area contributed by atoms with E-state index in [2.05, 4.69) is 11.8 Å². The van der Waals surface area contributed by atoms with Gasteiger partial charge in [-0.15, -0.1) is 12.8 Å². The van der Waals surface area contributed by atoms with Crippen LogP contribution in [-0.4, -0.2) is 24.3 Å². The third-order valence-electron chi connectivity index (χ3n) is 1.81. The summed E-state index contributed by atoms with van der Waals surface area (Å²) in [6.45, 7) is 0.0916. The van der Waals surface area contributed by atoms with Gasteiger partial charge in [0.05, 0.1) is 5.56 Å². The molecule has 1 N–H and O–H groups in total. The zero-order chi connectivity index (χ0) is 12.7. The van der Waals surface area contributed by atoms with Crippen LogP contribution in [0.3, 0.4) is 0 Å². The fraction of sp³-hybridized carbons (Fsp3) is 0.154. The Hall–Kier alpha value is -2.59. The molecular weight excluding hydrogens is 220 g/mol. The van der Waals surface area contributed by atoms with Crippen LogP contribution in [0.1, 0.15) is 10.4 Å². The third kappa shape index (κ3) is 3.48. The molecule has 0 fully saturated rings. The molecule has 0 bridgehead atoms. The number of hydrogen-bond donors (Lipinski definition) is 1. The first kappa shape index (κ1) is 12.5. The van der Waals surface area contributed by atoms with Crippen LogP contribution in [0.4, 0.5) is 0 Å². The van der Waals surface area contributed by atoms with Gasteiger partial charge in [0.15, 0.2) is 11.5 Å². The molecule has 0 aromatic heterocycles. The van der Waals surface area contributed by atoms with E-state index in [1.54, 1.807) is 0 Å². The summed E-state index contributed by atoms with van der Waals surface area (Å²) in [5.74, 6) is 4.15. The number of hydrogen-bond acceptors (Lipinski definition) is 3. The molecule has 0 aliphatic rings. The standard InChI is InChI=1S/C13H10O4/c1-3-7-16-11-6-5-10(13(14)15)9-12(11)17-8-4-2/h1-2,5-6,9H,7-8H2,(H,14,15). The Labute approximate surface area is 99.2 Å². The van der Waals surface area contributed by atoms with Crippen molar-refractivity contribution in [2.24, 2.45) is 0 Å². The van der Waals surface area contributed by atoms with Crippen molar-refractivity contribution in [2.45, 2.75) is 0 Å². The highest BCUT2D eigenvalue weighted by Gasteiger charge is 2.10. The summed E-state index contributed by atoms with van der Waals surface area (Å²) >= 11 is 0. The molecule has 4 heteroatoms. The van der Waals surface area contributed by atoms with Gasteiger partial charge in [0.25, 0.3) is 0 Å². The fourth-order valence-corrected chi connectivity index (χ4v) is 1.11. The van der Waals surface area contributed by atoms with E-state index in [1.165, 1.54) is 18.2 Å². The van der Waals surface area contributed by atoms with Crippen molar-refractivity contribution in [1.29, 1.82) is 0 Å². The highest BCUT2D eigenvalue weighted by atomic mass is 16.5. The topological polar surface area (TPSA) is 55.8 Å². The molecule has 0 saturated heterocycles. The van der Waals surface area contributed by atoms with Gasteiger partial charge in [-0.25, -0.2) is 4.79 Å². The van der Waals surface area contributed by atoms with Crippen molar-refractivity contribution in [3.05, 3.63) is 23.8 Å². The number of carboxylic acid groups (broad SMARTS) is 1. The first-order valence-electron chi connectivity index (χ1n) is 4.69. The number of benzene rings is 1. The normalized spacial score (nSPS) is 8.82. The Balaban J connectivity index is 3.00. The van der Waals surface area contributed by atoms with Crippen LogP contribution in [0.15, 0.2) is 18.2 Å². The third-order valence-corrected chi connectivity index (χ3v) is 1.81. The van der Waals surface area contributed by atoms with Gasteiger partial charge in [0.1, 0.15) is 13.2 Å². The minimum Gasteiger partial charge on any atom is -0.478 e. The first-order valence-corrected chi connectivity index (χ1v) is 4.69. The highest BCUT2D eigenvalue weighted by Crippen LogP contribution is 2.28. The van der Waals surface area contributed by atoms with Gasteiger partial charge in [-0.1, -0.05) is 11.8 Å². The Bertz CT molecular complexity index is 491. The molecule has 17 heavy (non-hydrogen) atoms. The number of rotatable bonds is 5. The Morgan fingerprint density at radius 3 is 2.29 bits per heavy atom. The Morgan fingerprint density at radius 1 is 1.18 bits per heavy atom. The van der Waals surface area contributed by atoms with Crippen molar-refractivity contribution >= 4 is 5.97 Å². The maximum absolute atomic E-state index is 10.8. The molecule has 86 valence electrons. The van der Waals surface area contributed by atoms with E-state index in [4.69, 9.17) is 27.4 Å². The first-order chi connectivity index (χ1) is 8.19. The van der Waals surface area contributed by atoms with Crippen LogP contribution in [0.2, 0.25) is 0 Å². The summed E-state index contributed by atoms with van der Waals surface area (Å²) in [5, 5.41) is 8.83. The second-order valence-electron chi connectivity index (χ2n) is 2.95. The van der Waals surface area contributed by atoms with Crippen molar-refractivity contribution in [3.8, 4) is 36.2 Å². The van der Waals surface area contributed by atoms with Crippen LogP contribution < -0.4 is 9.47 Å². The number of terminal acetylenes is 2. The van der Waals surface area contributed by atoms with E-state index in [0.717, 1.165) is 0 Å². The molecule has 1 aromatic rings. The average Bonchev–Trinajstić information content (AvgIpc) is 2.34. The molecule has 0 radical (unpaired) electrons. The van der Waals surface area contributed by atoms with E-state index in [0.29, 0.717) is 5.75 Å². The summed E-state index contributed by atoms with van der Waals surface area (Å²) < 4.78 is 10.4. The lowest BCUT2D eigenvalue weighted by molar-refractivity contribution is 0.0696. The van der Waals surface area contributed by atoms with Crippen LogP contribution in [0.25, 0.3) is 0 Å². The zero-order valence-corrected chi connectivity index (χ0v) is 8.97. The molecule has 4 nitrogen and oxygen atoms in total. The Morgan fingerprint density at radius 2 is 1.76 bits per heavy atom. The van der Waals surface area contributed by atoms with Crippen molar-refractivity contribution in [1.82, 2.24) is 0 Å². The van der Waals surface area contributed by atoms with Gasteiger partial charge in [-0.05, 0) is 18.2 Å². The van der Waals surface area contributed by atoms with E-state index < -0.39 is 5.97 Å². The largest absolute Gasteiger partial charge is 0.478 e. The summed E-state index contributed by atoms with van der Waals surface area (Å²) in [4.78, 5) is 10.8. The predicted octanol–water partition coefficient (Wildman–Crippen LogP) is 1.41. The fourth-order valence-electron chi connectivity index (χ4n) is 1.11. The van der Waals surface area contributed by atoms with Crippen molar-refractivity contribution in [2.75, 3.05) is 13.2 Å². The van der Waals surface area contributed by atoms with Crippen molar-refractivity contribution in [3.63, 3.8) is 0 Å². The van der Waals surface area contributed by atoms with Gasteiger partial charge < -0.3 is 14.6 Å². The monoisotopic (exact) mass is 230 g/mol. The molecule has 0 spiro atoms. The van der Waals surface area contributed by atoms with Gasteiger partial charge in [-0.3, -0.25) is 0 Å². The quantitative estimate of drug-likeness (QED) is 0.777. The maximum Gasteiger partial charge on any atom is 0.335 e. The SMILES string of the molecule is C#CCOc1ccc(C(=O)O)cc1OCC#C. The van der Waals surface area contributed by atoms with E-state index in [-0.39, 0.29) is 24.5 Å². The molecule has 0 unspecified atom stereocenters. The van der Waals surface area contributed by atoms with Gasteiger partial charge in [0.2, 0.25) is 0 Å². The zero-order valence-electron chi connectivity index (χ0n) is 8.97. The molecular formula is C13H10O4. The molecule has 1 rings (SSSR count). The summed E-state index contributed by atoms with van der Waals surface area (Å²) in [6.07, 6.45) is 10.1. The van der Waals surface area contributed by atoms with E-state index in [9.17, 15) is 4.79 Å². The number of carbonyl (C=O) groups is 1. The lowest BCUT2D eigenvalue weighted by Crippen LogP contribution is -2.03. The summed E-state index contributed by atoms with van der Waals surface area (Å²) in [6, 6.07) is 4.22. The van der Waals surface area contributed by atoms with Gasteiger partial charge in [-0.2, -0.15) is 0 Å². The van der Waals surface area contributed by atoms with Crippen LogP contribution >= 0.6 is 0 Å². The lowest BCUT2D eigenvalue weighted by Gasteiger charge is -2.10. The van der Waals surface area contributed by atoms with Gasteiger partial charge in [0, 0.05) is 0 Å². The van der Waals surface area contributed by atoms with Crippen LogP contribution in [0, 0.1) is 24.7 Å². The maximum atomic E-state index is 10.8. The number of carboxylic acids is 1. The van der Waals surface area contributed by atoms with E-state index in [1.807, 2.05) is 0 Å².